The summed E-state index contributed by atoms with van der Waals surface area (Å²) in [6.07, 6.45) is -1.93. The Balaban J connectivity index is 2.31. The zero-order valence-electron chi connectivity index (χ0n) is 10.0. The van der Waals surface area contributed by atoms with Crippen molar-refractivity contribution in [2.75, 3.05) is 0 Å². The fourth-order valence-electron chi connectivity index (χ4n) is 1.87. The number of halogens is 5. The van der Waals surface area contributed by atoms with Gasteiger partial charge in [0.2, 0.25) is 0 Å². The Morgan fingerprint density at radius 3 is 2.10 bits per heavy atom. The molecule has 1 unspecified atom stereocenters. The van der Waals surface area contributed by atoms with Crippen LogP contribution < -0.4 is 0 Å². The lowest BCUT2D eigenvalue weighted by atomic mass is 10.00. The molecule has 0 heterocycles. The van der Waals surface area contributed by atoms with Crippen LogP contribution in [0.4, 0.5) is 17.6 Å². The molecule has 0 bridgehead atoms. The van der Waals surface area contributed by atoms with Gasteiger partial charge < -0.3 is 5.11 Å². The van der Waals surface area contributed by atoms with Gasteiger partial charge in [-0.3, -0.25) is 0 Å². The number of benzene rings is 2. The minimum atomic E-state index is -1.61. The average Bonchev–Trinajstić information content (AvgIpc) is 2.31. The lowest BCUT2D eigenvalue weighted by Gasteiger charge is -2.14. The molecule has 6 heteroatoms. The Labute approximate surface area is 121 Å². The van der Waals surface area contributed by atoms with Gasteiger partial charge in [0, 0.05) is 23.0 Å². The van der Waals surface area contributed by atoms with E-state index in [1.54, 1.807) is 6.07 Å². The molecule has 0 radical (unpaired) electrons. The lowest BCUT2D eigenvalue weighted by molar-refractivity contribution is 0.167. The van der Waals surface area contributed by atoms with Crippen molar-refractivity contribution in [2.24, 2.45) is 0 Å². The zero-order valence-corrected chi connectivity index (χ0v) is 11.6. The maximum Gasteiger partial charge on any atom is 0.134 e. The summed E-state index contributed by atoms with van der Waals surface area (Å²) in [5.41, 5.74) is -0.572. The van der Waals surface area contributed by atoms with Gasteiger partial charge >= 0.3 is 0 Å². The lowest BCUT2D eigenvalue weighted by Crippen LogP contribution is -2.09. The van der Waals surface area contributed by atoms with Crippen molar-refractivity contribution >= 4 is 15.9 Å². The monoisotopic (exact) mass is 348 g/mol. The average molecular weight is 349 g/mol. The van der Waals surface area contributed by atoms with Crippen LogP contribution in [0.5, 0.6) is 0 Å². The summed E-state index contributed by atoms with van der Waals surface area (Å²) in [5.74, 6) is -4.09. The van der Waals surface area contributed by atoms with Gasteiger partial charge in [-0.2, -0.15) is 0 Å². The van der Waals surface area contributed by atoms with Crippen LogP contribution in [-0.2, 0) is 6.42 Å². The molecule has 0 aliphatic rings. The number of hydrogen-bond donors (Lipinski definition) is 1. The second-order valence-corrected chi connectivity index (χ2v) is 5.15. The van der Waals surface area contributed by atoms with E-state index in [0.29, 0.717) is 16.6 Å². The Bertz CT molecular complexity index is 622. The van der Waals surface area contributed by atoms with Gasteiger partial charge in [-0.25, -0.2) is 17.6 Å². The highest BCUT2D eigenvalue weighted by Crippen LogP contribution is 2.26. The van der Waals surface area contributed by atoms with Gasteiger partial charge in [0.05, 0.1) is 11.7 Å². The Hall–Kier alpha value is -1.40. The second kappa shape index (κ2) is 5.93. The van der Waals surface area contributed by atoms with Crippen molar-refractivity contribution in [1.29, 1.82) is 0 Å². The summed E-state index contributed by atoms with van der Waals surface area (Å²) in [6, 6.07) is 5.06. The first-order valence-electron chi connectivity index (χ1n) is 5.65. The molecule has 0 aliphatic heterocycles. The van der Waals surface area contributed by atoms with Crippen LogP contribution in [0, 0.1) is 23.3 Å². The quantitative estimate of drug-likeness (QED) is 0.820. The second-order valence-electron chi connectivity index (χ2n) is 4.24. The Morgan fingerprint density at radius 1 is 0.950 bits per heavy atom. The van der Waals surface area contributed by atoms with Crippen LogP contribution in [0.15, 0.2) is 34.8 Å². The van der Waals surface area contributed by atoms with Crippen molar-refractivity contribution in [2.45, 2.75) is 12.5 Å². The third-order valence-corrected chi connectivity index (χ3v) is 3.30. The minimum absolute atomic E-state index is 0.101. The predicted octanol–water partition coefficient (Wildman–Crippen LogP) is 4.28. The standard InChI is InChI=1S/C14H9BrF4O/c15-8-2-1-7(10(17)4-8)3-13(20)14-11(18)5-9(16)6-12(14)19/h1-2,4-6,13,20H,3H2. The number of aliphatic hydroxyl groups excluding tert-OH is 1. The SMILES string of the molecule is OC(Cc1ccc(Br)cc1F)c1c(F)cc(F)cc1F. The highest BCUT2D eigenvalue weighted by atomic mass is 79.9. The van der Waals surface area contributed by atoms with Crippen molar-refractivity contribution in [3.05, 3.63) is 69.2 Å². The summed E-state index contributed by atoms with van der Waals surface area (Å²) in [7, 11) is 0. The molecule has 0 aromatic heterocycles. The Morgan fingerprint density at radius 2 is 1.55 bits per heavy atom. The highest BCUT2D eigenvalue weighted by molar-refractivity contribution is 9.10. The smallest absolute Gasteiger partial charge is 0.134 e. The first-order valence-corrected chi connectivity index (χ1v) is 6.44. The van der Waals surface area contributed by atoms with Crippen molar-refractivity contribution in [3.63, 3.8) is 0 Å². The molecule has 0 saturated carbocycles. The van der Waals surface area contributed by atoms with E-state index in [2.05, 4.69) is 15.9 Å². The molecule has 20 heavy (non-hydrogen) atoms. The van der Waals surface area contributed by atoms with Gasteiger partial charge in [0.1, 0.15) is 23.3 Å². The minimum Gasteiger partial charge on any atom is -0.388 e. The fourth-order valence-corrected chi connectivity index (χ4v) is 2.20. The largest absolute Gasteiger partial charge is 0.388 e. The third kappa shape index (κ3) is 3.19. The van der Waals surface area contributed by atoms with E-state index in [1.807, 2.05) is 0 Å². The molecule has 2 aromatic carbocycles. The van der Waals surface area contributed by atoms with E-state index in [4.69, 9.17) is 0 Å². The molecule has 2 aromatic rings. The molecule has 106 valence electrons. The summed E-state index contributed by atoms with van der Waals surface area (Å²) in [4.78, 5) is 0. The van der Waals surface area contributed by atoms with Gasteiger partial charge in [-0.05, 0) is 17.7 Å². The van der Waals surface area contributed by atoms with Crippen molar-refractivity contribution in [1.82, 2.24) is 0 Å². The molecular weight excluding hydrogens is 340 g/mol. The fraction of sp³-hybridized carbons (Fsp3) is 0.143. The number of aliphatic hydroxyl groups is 1. The maximum atomic E-state index is 13.6. The van der Waals surface area contributed by atoms with E-state index in [9.17, 15) is 22.7 Å². The van der Waals surface area contributed by atoms with Crippen LogP contribution in [0.25, 0.3) is 0 Å². The zero-order chi connectivity index (χ0) is 14.9. The molecule has 0 amide bonds. The van der Waals surface area contributed by atoms with Crippen LogP contribution in [0.2, 0.25) is 0 Å². The molecule has 0 spiro atoms. The van der Waals surface area contributed by atoms with Gasteiger partial charge in [0.25, 0.3) is 0 Å². The number of rotatable bonds is 3. The van der Waals surface area contributed by atoms with Crippen LogP contribution in [-0.4, -0.2) is 5.11 Å². The topological polar surface area (TPSA) is 20.2 Å². The van der Waals surface area contributed by atoms with Crippen LogP contribution >= 0.6 is 15.9 Å². The van der Waals surface area contributed by atoms with Crippen LogP contribution in [0.3, 0.4) is 0 Å². The van der Waals surface area contributed by atoms with E-state index in [-0.39, 0.29) is 12.0 Å². The molecular formula is C14H9BrF4O. The molecule has 0 aliphatic carbocycles. The normalized spacial score (nSPS) is 12.5. The third-order valence-electron chi connectivity index (χ3n) is 2.81. The predicted molar refractivity (Wildman–Crippen MR) is 69.1 cm³/mol. The van der Waals surface area contributed by atoms with E-state index < -0.39 is 34.9 Å². The van der Waals surface area contributed by atoms with Gasteiger partial charge in [-0.15, -0.1) is 0 Å². The summed E-state index contributed by atoms with van der Waals surface area (Å²) < 4.78 is 53.9. The molecule has 0 saturated heterocycles. The van der Waals surface area contributed by atoms with E-state index in [1.165, 1.54) is 12.1 Å². The summed E-state index contributed by atoms with van der Waals surface area (Å²) in [5, 5.41) is 9.84. The van der Waals surface area contributed by atoms with Gasteiger partial charge in [0.15, 0.2) is 0 Å². The first kappa shape index (κ1) is 15.0. The first-order chi connectivity index (χ1) is 9.38. The molecule has 1 nitrogen and oxygen atoms in total. The van der Waals surface area contributed by atoms with Crippen molar-refractivity contribution in [3.8, 4) is 0 Å². The molecule has 0 fully saturated rings. The summed E-state index contributed by atoms with van der Waals surface area (Å²) >= 11 is 3.07. The molecule has 1 atom stereocenters. The Kier molecular flexibility index (Phi) is 4.45. The molecule has 1 N–H and O–H groups in total. The molecule has 2 rings (SSSR count). The van der Waals surface area contributed by atoms with Crippen LogP contribution in [0.1, 0.15) is 17.2 Å². The maximum absolute atomic E-state index is 13.6. The van der Waals surface area contributed by atoms with Gasteiger partial charge in [-0.1, -0.05) is 22.0 Å². The van der Waals surface area contributed by atoms with E-state index in [0.717, 1.165) is 0 Å². The van der Waals surface area contributed by atoms with Crippen molar-refractivity contribution < 1.29 is 22.7 Å². The summed E-state index contributed by atoms with van der Waals surface area (Å²) in [6.45, 7) is 0. The number of hydrogen-bond acceptors (Lipinski definition) is 1. The highest BCUT2D eigenvalue weighted by Gasteiger charge is 2.21. The van der Waals surface area contributed by atoms with E-state index >= 15 is 0 Å².